The molecule has 0 bridgehead atoms. The average Bonchev–Trinajstić information content (AvgIpc) is 2.27. The van der Waals surface area contributed by atoms with Gasteiger partial charge in [0.05, 0.1) is 11.5 Å². The number of nitrogens with two attached hydrogens (primary N) is 1. The van der Waals surface area contributed by atoms with Gasteiger partial charge < -0.3 is 10.5 Å². The number of amides is 1. The Morgan fingerprint density at radius 1 is 1.56 bits per heavy atom. The van der Waals surface area contributed by atoms with Gasteiger partial charge in [0.2, 0.25) is 5.91 Å². The number of primary amides is 1. The summed E-state index contributed by atoms with van der Waals surface area (Å²) >= 11 is 3.05. The molecule has 0 radical (unpaired) electrons. The first-order valence-corrected chi connectivity index (χ1v) is 6.17. The summed E-state index contributed by atoms with van der Waals surface area (Å²) in [6, 6.07) is 2.61. The third-order valence-electron chi connectivity index (χ3n) is 2.25. The van der Waals surface area contributed by atoms with Crippen LogP contribution in [0.4, 0.5) is 5.69 Å². The van der Waals surface area contributed by atoms with E-state index in [-0.39, 0.29) is 21.5 Å². The van der Waals surface area contributed by atoms with Crippen molar-refractivity contribution in [3.63, 3.8) is 0 Å². The van der Waals surface area contributed by atoms with Crippen molar-refractivity contribution in [2.24, 2.45) is 5.73 Å². The van der Waals surface area contributed by atoms with Crippen LogP contribution < -0.4 is 10.5 Å². The minimum atomic E-state index is -0.661. The quantitative estimate of drug-likeness (QED) is 0.495. The van der Waals surface area contributed by atoms with E-state index in [0.717, 1.165) is 12.8 Å². The Hall–Kier alpha value is -1.63. The number of carbonyl (C=O) groups is 1. The van der Waals surface area contributed by atoms with E-state index >= 15 is 0 Å². The first kappa shape index (κ1) is 14.4. The average molecular weight is 317 g/mol. The fraction of sp³-hybridized carbons (Fsp3) is 0.364. The molecule has 0 saturated heterocycles. The van der Waals surface area contributed by atoms with E-state index in [0.29, 0.717) is 6.61 Å². The number of nitro benzene ring substituents is 1. The highest BCUT2D eigenvalue weighted by Crippen LogP contribution is 2.36. The van der Waals surface area contributed by atoms with Crippen LogP contribution in [0.15, 0.2) is 16.6 Å². The van der Waals surface area contributed by atoms with Crippen LogP contribution in [-0.4, -0.2) is 17.4 Å². The topological polar surface area (TPSA) is 95.5 Å². The van der Waals surface area contributed by atoms with Gasteiger partial charge in [-0.3, -0.25) is 14.9 Å². The Balaban J connectivity index is 3.16. The molecule has 0 saturated carbocycles. The molecule has 7 heteroatoms. The third kappa shape index (κ3) is 3.43. The van der Waals surface area contributed by atoms with Crippen LogP contribution in [0.5, 0.6) is 5.75 Å². The largest absolute Gasteiger partial charge is 0.487 e. The monoisotopic (exact) mass is 316 g/mol. The molecule has 0 atom stereocenters. The summed E-state index contributed by atoms with van der Waals surface area (Å²) in [6.45, 7) is 2.33. The highest BCUT2D eigenvalue weighted by atomic mass is 79.9. The second-order valence-electron chi connectivity index (χ2n) is 3.63. The number of unbranched alkanes of at least 4 members (excludes halogenated alkanes) is 1. The molecule has 98 valence electrons. The summed E-state index contributed by atoms with van der Waals surface area (Å²) < 4.78 is 5.51. The van der Waals surface area contributed by atoms with Crippen molar-refractivity contribution < 1.29 is 14.5 Å². The highest BCUT2D eigenvalue weighted by Gasteiger charge is 2.22. The van der Waals surface area contributed by atoms with Crippen molar-refractivity contribution in [2.75, 3.05) is 6.61 Å². The number of hydrogen-bond acceptors (Lipinski definition) is 4. The smallest absolute Gasteiger partial charge is 0.325 e. The predicted molar refractivity (Wildman–Crippen MR) is 69.7 cm³/mol. The minimum Gasteiger partial charge on any atom is -0.487 e. The molecule has 18 heavy (non-hydrogen) atoms. The molecular weight excluding hydrogens is 304 g/mol. The summed E-state index contributed by atoms with van der Waals surface area (Å²) in [5.41, 5.74) is 5.12. The molecule has 6 nitrogen and oxygen atoms in total. The molecule has 0 spiro atoms. The first-order chi connectivity index (χ1) is 8.47. The van der Waals surface area contributed by atoms with Gasteiger partial charge in [0.15, 0.2) is 5.75 Å². The van der Waals surface area contributed by atoms with Gasteiger partial charge in [-0.1, -0.05) is 13.3 Å². The molecule has 1 aromatic rings. The zero-order chi connectivity index (χ0) is 13.7. The zero-order valence-corrected chi connectivity index (χ0v) is 11.4. The van der Waals surface area contributed by atoms with Gasteiger partial charge in [-0.2, -0.15) is 0 Å². The summed E-state index contributed by atoms with van der Waals surface area (Å²) in [4.78, 5) is 21.5. The number of benzene rings is 1. The van der Waals surface area contributed by atoms with Gasteiger partial charge in [0, 0.05) is 11.6 Å². The van der Waals surface area contributed by atoms with Crippen LogP contribution in [-0.2, 0) is 0 Å². The Morgan fingerprint density at radius 3 is 2.72 bits per heavy atom. The maximum atomic E-state index is 11.1. The van der Waals surface area contributed by atoms with E-state index in [1.807, 2.05) is 6.92 Å². The van der Waals surface area contributed by atoms with Crippen molar-refractivity contribution in [3.05, 3.63) is 32.3 Å². The van der Waals surface area contributed by atoms with Crippen LogP contribution in [0.25, 0.3) is 0 Å². The molecular formula is C11H13BrN2O4. The van der Waals surface area contributed by atoms with Gasteiger partial charge in [0.1, 0.15) is 4.47 Å². The van der Waals surface area contributed by atoms with Crippen LogP contribution in [0.1, 0.15) is 30.1 Å². The number of ether oxygens (including phenoxy) is 1. The summed E-state index contributed by atoms with van der Waals surface area (Å²) in [7, 11) is 0. The van der Waals surface area contributed by atoms with E-state index in [4.69, 9.17) is 10.5 Å². The standard InChI is InChI=1S/C11H13BrN2O4/c1-2-3-4-18-9-6-7(11(13)15)5-8(12)10(9)14(16)17/h5-6H,2-4H2,1H3,(H2,13,15). The fourth-order valence-corrected chi connectivity index (χ4v) is 1.92. The van der Waals surface area contributed by atoms with Crippen molar-refractivity contribution in [2.45, 2.75) is 19.8 Å². The molecule has 0 aliphatic rings. The van der Waals surface area contributed by atoms with E-state index in [1.54, 1.807) is 0 Å². The van der Waals surface area contributed by atoms with E-state index in [2.05, 4.69) is 15.9 Å². The number of halogens is 1. The van der Waals surface area contributed by atoms with Crippen LogP contribution in [0.2, 0.25) is 0 Å². The van der Waals surface area contributed by atoms with Crippen molar-refractivity contribution in [1.82, 2.24) is 0 Å². The van der Waals surface area contributed by atoms with Gasteiger partial charge in [-0.05, 0) is 28.4 Å². The number of nitro groups is 1. The predicted octanol–water partition coefficient (Wildman–Crippen LogP) is 2.64. The zero-order valence-electron chi connectivity index (χ0n) is 9.81. The molecule has 1 amide bonds. The maximum Gasteiger partial charge on any atom is 0.325 e. The third-order valence-corrected chi connectivity index (χ3v) is 2.86. The number of rotatable bonds is 6. The lowest BCUT2D eigenvalue weighted by Crippen LogP contribution is -2.12. The SMILES string of the molecule is CCCCOc1cc(C(N)=O)cc(Br)c1[N+](=O)[O-]. The van der Waals surface area contributed by atoms with E-state index < -0.39 is 10.8 Å². The minimum absolute atomic E-state index is 0.0524. The number of hydrogen-bond donors (Lipinski definition) is 1. The maximum absolute atomic E-state index is 11.1. The molecule has 0 fully saturated rings. The summed E-state index contributed by atoms with van der Waals surface area (Å²) in [6.07, 6.45) is 1.68. The molecule has 0 aliphatic carbocycles. The fourth-order valence-electron chi connectivity index (χ4n) is 1.33. The van der Waals surface area contributed by atoms with Gasteiger partial charge in [-0.15, -0.1) is 0 Å². The summed E-state index contributed by atoms with van der Waals surface area (Å²) in [5, 5.41) is 10.9. The lowest BCUT2D eigenvalue weighted by molar-refractivity contribution is -0.386. The molecule has 0 heterocycles. The van der Waals surface area contributed by atoms with Gasteiger partial charge in [-0.25, -0.2) is 0 Å². The van der Waals surface area contributed by atoms with Crippen molar-refractivity contribution in [3.8, 4) is 5.75 Å². The second-order valence-corrected chi connectivity index (χ2v) is 4.48. The number of nitrogens with zero attached hydrogens (tertiary/aromatic N) is 1. The molecule has 2 N–H and O–H groups in total. The van der Waals surface area contributed by atoms with Crippen LogP contribution in [0, 0.1) is 10.1 Å². The summed E-state index contributed by atoms with van der Waals surface area (Å²) in [5.74, 6) is -0.609. The molecule has 1 aromatic carbocycles. The van der Waals surface area contributed by atoms with Gasteiger partial charge in [0.25, 0.3) is 0 Å². The van der Waals surface area contributed by atoms with Gasteiger partial charge >= 0.3 is 5.69 Å². The normalized spacial score (nSPS) is 10.1. The highest BCUT2D eigenvalue weighted by molar-refractivity contribution is 9.10. The first-order valence-electron chi connectivity index (χ1n) is 5.38. The van der Waals surface area contributed by atoms with E-state index in [9.17, 15) is 14.9 Å². The van der Waals surface area contributed by atoms with Crippen molar-refractivity contribution >= 4 is 27.5 Å². The van der Waals surface area contributed by atoms with Crippen molar-refractivity contribution in [1.29, 1.82) is 0 Å². The Morgan fingerprint density at radius 2 is 2.22 bits per heavy atom. The second kappa shape index (κ2) is 6.34. The lowest BCUT2D eigenvalue weighted by Gasteiger charge is -2.08. The molecule has 0 aromatic heterocycles. The molecule has 1 rings (SSSR count). The Labute approximate surface area is 112 Å². The number of carbonyl (C=O) groups excluding carboxylic acids is 1. The van der Waals surface area contributed by atoms with Crippen LogP contribution in [0.3, 0.4) is 0 Å². The Bertz CT molecular complexity index is 476. The molecule has 0 unspecified atom stereocenters. The molecule has 0 aliphatic heterocycles. The lowest BCUT2D eigenvalue weighted by atomic mass is 10.2. The van der Waals surface area contributed by atoms with Crippen LogP contribution >= 0.6 is 15.9 Å². The Kier molecular flexibility index (Phi) is 5.08. The van der Waals surface area contributed by atoms with E-state index in [1.165, 1.54) is 12.1 Å².